The van der Waals surface area contributed by atoms with Crippen molar-refractivity contribution in [3.63, 3.8) is 0 Å². The number of hydrogen-bond donors (Lipinski definition) is 2. The van der Waals surface area contributed by atoms with Crippen molar-refractivity contribution in [2.24, 2.45) is 0 Å². The lowest BCUT2D eigenvalue weighted by Gasteiger charge is -2.18. The minimum Gasteiger partial charge on any atom is -0.490 e. The lowest BCUT2D eigenvalue weighted by Crippen LogP contribution is -2.27. The van der Waals surface area contributed by atoms with Gasteiger partial charge in [-0.1, -0.05) is 11.6 Å². The Labute approximate surface area is 126 Å². The molecular formula is C16H26O5. The molecule has 0 aliphatic carbocycles. The highest BCUT2D eigenvalue weighted by Gasteiger charge is 2.13. The summed E-state index contributed by atoms with van der Waals surface area (Å²) in [5.74, 6) is 0.583. The van der Waals surface area contributed by atoms with Crippen molar-refractivity contribution in [1.29, 1.82) is 0 Å². The van der Waals surface area contributed by atoms with E-state index in [4.69, 9.17) is 14.2 Å². The van der Waals surface area contributed by atoms with Crippen LogP contribution in [-0.2, 0) is 9.47 Å². The molecule has 0 amide bonds. The van der Waals surface area contributed by atoms with Gasteiger partial charge in [0.05, 0.1) is 25.4 Å². The summed E-state index contributed by atoms with van der Waals surface area (Å²) in [7, 11) is 1.61. The van der Waals surface area contributed by atoms with E-state index in [1.165, 1.54) is 0 Å². The Hall–Kier alpha value is -1.14. The van der Waals surface area contributed by atoms with Gasteiger partial charge in [-0.2, -0.15) is 0 Å². The normalized spacial score (nSPS) is 15.5. The lowest BCUT2D eigenvalue weighted by atomic mass is 10.1. The van der Waals surface area contributed by atoms with E-state index in [2.05, 4.69) is 0 Å². The Kier molecular flexibility index (Phi) is 7.67. The van der Waals surface area contributed by atoms with Crippen molar-refractivity contribution >= 4 is 0 Å². The molecule has 0 heterocycles. The summed E-state index contributed by atoms with van der Waals surface area (Å²) in [6, 6.07) is 5.59. The van der Waals surface area contributed by atoms with Crippen LogP contribution < -0.4 is 4.74 Å². The van der Waals surface area contributed by atoms with E-state index < -0.39 is 12.2 Å². The molecule has 2 unspecified atom stereocenters. The predicted octanol–water partition coefficient (Wildman–Crippen LogP) is 1.84. The summed E-state index contributed by atoms with van der Waals surface area (Å²) in [6.07, 6.45) is -1.42. The van der Waals surface area contributed by atoms with Crippen LogP contribution >= 0.6 is 0 Å². The van der Waals surface area contributed by atoms with Crippen molar-refractivity contribution in [2.45, 2.75) is 39.1 Å². The summed E-state index contributed by atoms with van der Waals surface area (Å²) < 4.78 is 16.0. The van der Waals surface area contributed by atoms with E-state index >= 15 is 0 Å². The van der Waals surface area contributed by atoms with E-state index in [0.29, 0.717) is 12.4 Å². The highest BCUT2D eigenvalue weighted by atomic mass is 16.5. The zero-order valence-electron chi connectivity index (χ0n) is 13.2. The molecule has 2 N–H and O–H groups in total. The lowest BCUT2D eigenvalue weighted by molar-refractivity contribution is -0.0424. The van der Waals surface area contributed by atoms with Crippen LogP contribution in [0.5, 0.6) is 5.75 Å². The Bertz CT molecular complexity index is 419. The first-order valence-electron chi connectivity index (χ1n) is 7.14. The second-order valence-corrected chi connectivity index (χ2v) is 5.28. The molecule has 5 heteroatoms. The standard InChI is InChI=1S/C16H26O5/c1-11-5-6-16(15(7-11)13(3)17)21-10-14(18)9-20-12(2)8-19-4/h5-7,12-14,17-18H,8-10H2,1-4H3/t12?,13-,14?/m0/s1. The van der Waals surface area contributed by atoms with Crippen LogP contribution in [0.25, 0.3) is 0 Å². The first-order chi connectivity index (χ1) is 9.93. The molecule has 1 aromatic carbocycles. The molecular weight excluding hydrogens is 272 g/mol. The second-order valence-electron chi connectivity index (χ2n) is 5.28. The van der Waals surface area contributed by atoms with E-state index in [1.807, 2.05) is 26.0 Å². The number of hydrogen-bond acceptors (Lipinski definition) is 5. The molecule has 1 aromatic rings. The Balaban J connectivity index is 2.47. The first kappa shape index (κ1) is 17.9. The van der Waals surface area contributed by atoms with E-state index in [1.54, 1.807) is 20.1 Å². The van der Waals surface area contributed by atoms with Gasteiger partial charge in [-0.25, -0.2) is 0 Å². The molecule has 3 atom stereocenters. The third kappa shape index (κ3) is 6.44. The molecule has 5 nitrogen and oxygen atoms in total. The largest absolute Gasteiger partial charge is 0.490 e. The highest BCUT2D eigenvalue weighted by molar-refractivity contribution is 5.38. The molecule has 0 saturated heterocycles. The van der Waals surface area contributed by atoms with Crippen molar-refractivity contribution in [2.75, 3.05) is 26.9 Å². The third-order valence-corrected chi connectivity index (χ3v) is 3.02. The van der Waals surface area contributed by atoms with Gasteiger partial charge in [-0.05, 0) is 32.9 Å². The number of benzene rings is 1. The van der Waals surface area contributed by atoms with Gasteiger partial charge in [-0.15, -0.1) is 0 Å². The van der Waals surface area contributed by atoms with E-state index in [-0.39, 0.29) is 19.3 Å². The summed E-state index contributed by atoms with van der Waals surface area (Å²) in [5.41, 5.74) is 1.77. The van der Waals surface area contributed by atoms with Gasteiger partial charge in [0, 0.05) is 12.7 Å². The molecule has 0 aliphatic rings. The monoisotopic (exact) mass is 298 g/mol. The number of aliphatic hydroxyl groups excluding tert-OH is 2. The molecule has 0 bridgehead atoms. The maximum absolute atomic E-state index is 9.86. The molecule has 21 heavy (non-hydrogen) atoms. The fraction of sp³-hybridized carbons (Fsp3) is 0.625. The van der Waals surface area contributed by atoms with Gasteiger partial charge in [0.25, 0.3) is 0 Å². The van der Waals surface area contributed by atoms with Crippen LogP contribution in [0.2, 0.25) is 0 Å². The summed E-state index contributed by atoms with van der Waals surface area (Å²) >= 11 is 0. The molecule has 0 aliphatic heterocycles. The number of ether oxygens (including phenoxy) is 3. The van der Waals surface area contributed by atoms with Crippen molar-refractivity contribution < 1.29 is 24.4 Å². The molecule has 0 fully saturated rings. The number of methoxy groups -OCH3 is 1. The van der Waals surface area contributed by atoms with Crippen LogP contribution in [0.15, 0.2) is 18.2 Å². The summed E-state index contributed by atoms with van der Waals surface area (Å²) in [5, 5.41) is 19.6. The Morgan fingerprint density at radius 3 is 2.43 bits per heavy atom. The number of aryl methyl sites for hydroxylation is 1. The highest BCUT2D eigenvalue weighted by Crippen LogP contribution is 2.26. The average molecular weight is 298 g/mol. The van der Waals surface area contributed by atoms with Gasteiger partial charge >= 0.3 is 0 Å². The van der Waals surface area contributed by atoms with Gasteiger partial charge < -0.3 is 24.4 Å². The van der Waals surface area contributed by atoms with Crippen LogP contribution in [-0.4, -0.2) is 49.4 Å². The minimum absolute atomic E-state index is 0.0722. The molecule has 120 valence electrons. The fourth-order valence-corrected chi connectivity index (χ4v) is 1.92. The topological polar surface area (TPSA) is 68.2 Å². The van der Waals surface area contributed by atoms with E-state index in [0.717, 1.165) is 11.1 Å². The summed E-state index contributed by atoms with van der Waals surface area (Å²) in [6.45, 7) is 6.30. The molecule has 1 rings (SSSR count). The van der Waals surface area contributed by atoms with Crippen molar-refractivity contribution in [1.82, 2.24) is 0 Å². The van der Waals surface area contributed by atoms with Crippen LogP contribution in [0.3, 0.4) is 0 Å². The SMILES string of the molecule is COCC(C)OCC(O)COc1ccc(C)cc1[C@H](C)O. The quantitative estimate of drug-likeness (QED) is 0.728. The van der Waals surface area contributed by atoms with Crippen LogP contribution in [0.1, 0.15) is 31.1 Å². The van der Waals surface area contributed by atoms with Crippen LogP contribution in [0.4, 0.5) is 0 Å². The molecule has 0 saturated carbocycles. The summed E-state index contributed by atoms with van der Waals surface area (Å²) in [4.78, 5) is 0. The van der Waals surface area contributed by atoms with Gasteiger partial charge in [0.2, 0.25) is 0 Å². The van der Waals surface area contributed by atoms with Gasteiger partial charge in [0.1, 0.15) is 18.5 Å². The second kappa shape index (κ2) is 9.00. The van der Waals surface area contributed by atoms with Crippen LogP contribution in [0, 0.1) is 6.92 Å². The minimum atomic E-state index is -0.729. The Morgan fingerprint density at radius 2 is 1.81 bits per heavy atom. The smallest absolute Gasteiger partial charge is 0.125 e. The molecule has 0 aromatic heterocycles. The zero-order chi connectivity index (χ0) is 15.8. The molecule has 0 radical (unpaired) electrons. The van der Waals surface area contributed by atoms with Gasteiger partial charge in [0.15, 0.2) is 0 Å². The zero-order valence-corrected chi connectivity index (χ0v) is 13.2. The molecule has 0 spiro atoms. The van der Waals surface area contributed by atoms with Crippen molar-refractivity contribution in [3.8, 4) is 5.75 Å². The van der Waals surface area contributed by atoms with Gasteiger partial charge in [-0.3, -0.25) is 0 Å². The fourth-order valence-electron chi connectivity index (χ4n) is 1.92. The maximum atomic E-state index is 9.86. The van der Waals surface area contributed by atoms with Crippen molar-refractivity contribution in [3.05, 3.63) is 29.3 Å². The third-order valence-electron chi connectivity index (χ3n) is 3.02. The Morgan fingerprint density at radius 1 is 1.10 bits per heavy atom. The maximum Gasteiger partial charge on any atom is 0.125 e. The number of aliphatic hydroxyl groups is 2. The predicted molar refractivity (Wildman–Crippen MR) is 80.6 cm³/mol. The van der Waals surface area contributed by atoms with E-state index in [9.17, 15) is 10.2 Å². The number of rotatable bonds is 9. The average Bonchev–Trinajstić information content (AvgIpc) is 2.44. The first-order valence-corrected chi connectivity index (χ1v) is 7.14.